The number of hydrogen-bond donors (Lipinski definition) is 2. The van der Waals surface area contributed by atoms with E-state index in [2.05, 4.69) is 38.2 Å². The number of hydrogen-bond acceptors (Lipinski definition) is 2. The number of urea groups is 1. The molecule has 0 aliphatic heterocycles. The van der Waals surface area contributed by atoms with E-state index in [1.165, 1.54) is 0 Å². The second-order valence-electron chi connectivity index (χ2n) is 3.31. The highest BCUT2D eigenvalue weighted by Gasteiger charge is 2.02. The van der Waals surface area contributed by atoms with Gasteiger partial charge in [-0.1, -0.05) is 18.2 Å². The van der Waals surface area contributed by atoms with Crippen molar-refractivity contribution in [1.29, 1.82) is 0 Å². The van der Waals surface area contributed by atoms with Crippen LogP contribution in [0.5, 0.6) is 0 Å². The Labute approximate surface area is 113 Å². The molecule has 0 radical (unpaired) electrons. The van der Waals surface area contributed by atoms with Crippen molar-refractivity contribution in [2.75, 3.05) is 10.6 Å². The lowest BCUT2D eigenvalue weighted by Crippen LogP contribution is -2.19. The molecule has 2 amide bonds. The topological polar surface area (TPSA) is 54.0 Å². The van der Waals surface area contributed by atoms with Gasteiger partial charge in [0.05, 0.1) is 0 Å². The third kappa shape index (κ3) is 3.70. The van der Waals surface area contributed by atoms with Crippen LogP contribution >= 0.6 is 22.6 Å². The zero-order chi connectivity index (χ0) is 12.1. The molecule has 0 unspecified atom stereocenters. The van der Waals surface area contributed by atoms with Crippen molar-refractivity contribution in [3.05, 3.63) is 52.2 Å². The quantitative estimate of drug-likeness (QED) is 0.825. The normalized spacial score (nSPS) is 9.71. The first-order valence-electron chi connectivity index (χ1n) is 4.98. The minimum Gasteiger partial charge on any atom is -0.308 e. The Balaban J connectivity index is 1.96. The summed E-state index contributed by atoms with van der Waals surface area (Å²) < 4.78 is 1.02. The minimum atomic E-state index is -0.301. The van der Waals surface area contributed by atoms with Crippen LogP contribution in [0.3, 0.4) is 0 Å². The molecule has 1 aromatic heterocycles. The van der Waals surface area contributed by atoms with Crippen molar-refractivity contribution in [2.24, 2.45) is 0 Å². The molecule has 17 heavy (non-hydrogen) atoms. The average Bonchev–Trinajstić information content (AvgIpc) is 2.33. The molecular formula is C12H10IN3O. The van der Waals surface area contributed by atoms with Gasteiger partial charge < -0.3 is 5.32 Å². The predicted octanol–water partition coefficient (Wildman–Crippen LogP) is 3.33. The van der Waals surface area contributed by atoms with Crippen LogP contribution in [0.1, 0.15) is 0 Å². The van der Waals surface area contributed by atoms with Crippen molar-refractivity contribution in [2.45, 2.75) is 0 Å². The van der Waals surface area contributed by atoms with Crippen molar-refractivity contribution in [3.8, 4) is 0 Å². The summed E-state index contributed by atoms with van der Waals surface area (Å²) in [6.45, 7) is 0. The first kappa shape index (κ1) is 11.8. The minimum absolute atomic E-state index is 0.301. The molecule has 0 aliphatic rings. The Kier molecular flexibility index (Phi) is 3.92. The lowest BCUT2D eigenvalue weighted by molar-refractivity contribution is 0.262. The second-order valence-corrected chi connectivity index (χ2v) is 4.55. The summed E-state index contributed by atoms with van der Waals surface area (Å²) in [4.78, 5) is 15.7. The summed E-state index contributed by atoms with van der Waals surface area (Å²) in [6.07, 6.45) is 1.69. The monoisotopic (exact) mass is 339 g/mol. The lowest BCUT2D eigenvalue weighted by atomic mass is 10.3. The maximum atomic E-state index is 11.6. The zero-order valence-corrected chi connectivity index (χ0v) is 11.0. The number of halogens is 1. The fourth-order valence-electron chi connectivity index (χ4n) is 1.25. The number of carbonyl (C=O) groups is 1. The zero-order valence-electron chi connectivity index (χ0n) is 8.85. The second kappa shape index (κ2) is 5.62. The number of rotatable bonds is 2. The molecule has 0 atom stereocenters. The Morgan fingerprint density at radius 3 is 2.47 bits per heavy atom. The Morgan fingerprint density at radius 2 is 1.82 bits per heavy atom. The van der Waals surface area contributed by atoms with Gasteiger partial charge in [0.15, 0.2) is 0 Å². The Hall–Kier alpha value is -1.63. The van der Waals surface area contributed by atoms with E-state index >= 15 is 0 Å². The standard InChI is InChI=1S/C12H10IN3O/c13-9-6-7-11(14-8-9)16-12(17)15-10-4-2-1-3-5-10/h1-8H,(H2,14,15,16,17). The lowest BCUT2D eigenvalue weighted by Gasteiger charge is -2.06. The smallest absolute Gasteiger partial charge is 0.308 e. The number of amides is 2. The molecule has 0 bridgehead atoms. The van der Waals surface area contributed by atoms with Crippen LogP contribution < -0.4 is 10.6 Å². The van der Waals surface area contributed by atoms with Gasteiger partial charge in [0.25, 0.3) is 0 Å². The van der Waals surface area contributed by atoms with Gasteiger partial charge in [-0.2, -0.15) is 0 Å². The van der Waals surface area contributed by atoms with Crippen molar-refractivity contribution in [3.63, 3.8) is 0 Å². The van der Waals surface area contributed by atoms with Crippen LogP contribution in [0.25, 0.3) is 0 Å². The maximum absolute atomic E-state index is 11.6. The number of anilines is 2. The molecule has 2 N–H and O–H groups in total. The molecule has 0 saturated heterocycles. The summed E-state index contributed by atoms with van der Waals surface area (Å²) in [6, 6.07) is 12.6. The number of pyridine rings is 1. The van der Waals surface area contributed by atoms with E-state index < -0.39 is 0 Å². The van der Waals surface area contributed by atoms with E-state index in [-0.39, 0.29) is 6.03 Å². The fraction of sp³-hybridized carbons (Fsp3) is 0. The highest BCUT2D eigenvalue weighted by Crippen LogP contribution is 2.09. The first-order valence-corrected chi connectivity index (χ1v) is 6.06. The van der Waals surface area contributed by atoms with E-state index in [0.717, 1.165) is 9.26 Å². The summed E-state index contributed by atoms with van der Waals surface area (Å²) in [5.74, 6) is 0.527. The molecule has 4 nitrogen and oxygen atoms in total. The first-order chi connectivity index (χ1) is 8.24. The molecule has 2 rings (SSSR count). The van der Waals surface area contributed by atoms with E-state index in [4.69, 9.17) is 0 Å². The van der Waals surface area contributed by atoms with E-state index in [9.17, 15) is 4.79 Å². The highest BCUT2D eigenvalue weighted by atomic mass is 127. The van der Waals surface area contributed by atoms with E-state index in [0.29, 0.717) is 5.82 Å². The van der Waals surface area contributed by atoms with Gasteiger partial charge >= 0.3 is 6.03 Å². The van der Waals surface area contributed by atoms with Gasteiger partial charge in [0.1, 0.15) is 5.82 Å². The largest absolute Gasteiger partial charge is 0.324 e. The van der Waals surface area contributed by atoms with Gasteiger partial charge in [-0.3, -0.25) is 5.32 Å². The number of carbonyl (C=O) groups excluding carboxylic acids is 1. The van der Waals surface area contributed by atoms with Crippen LogP contribution in [-0.2, 0) is 0 Å². The summed E-state index contributed by atoms with van der Waals surface area (Å²) in [5.41, 5.74) is 0.746. The predicted molar refractivity (Wildman–Crippen MR) is 76.0 cm³/mol. The van der Waals surface area contributed by atoms with Gasteiger partial charge in [0, 0.05) is 15.5 Å². The van der Waals surface area contributed by atoms with Crippen molar-refractivity contribution >= 4 is 40.1 Å². The van der Waals surface area contributed by atoms with Crippen LogP contribution in [0.15, 0.2) is 48.7 Å². The third-order valence-electron chi connectivity index (χ3n) is 2.00. The van der Waals surface area contributed by atoms with Crippen LogP contribution in [0.2, 0.25) is 0 Å². The van der Waals surface area contributed by atoms with Gasteiger partial charge in [0.2, 0.25) is 0 Å². The molecule has 86 valence electrons. The van der Waals surface area contributed by atoms with Crippen LogP contribution in [0, 0.1) is 3.57 Å². The molecule has 1 aromatic carbocycles. The van der Waals surface area contributed by atoms with Crippen molar-refractivity contribution < 1.29 is 4.79 Å². The SMILES string of the molecule is O=C(Nc1ccccc1)Nc1ccc(I)cn1. The molecule has 0 spiro atoms. The Bertz CT molecular complexity index is 499. The highest BCUT2D eigenvalue weighted by molar-refractivity contribution is 14.1. The number of nitrogens with zero attached hydrogens (tertiary/aromatic N) is 1. The van der Waals surface area contributed by atoms with E-state index in [1.807, 2.05) is 36.4 Å². The summed E-state index contributed by atoms with van der Waals surface area (Å²) in [7, 11) is 0. The molecule has 2 aromatic rings. The van der Waals surface area contributed by atoms with E-state index in [1.54, 1.807) is 12.3 Å². The molecule has 0 saturated carbocycles. The molecule has 1 heterocycles. The summed E-state index contributed by atoms with van der Waals surface area (Å²) >= 11 is 2.16. The average molecular weight is 339 g/mol. The number of para-hydroxylation sites is 1. The number of benzene rings is 1. The van der Waals surface area contributed by atoms with Gasteiger partial charge in [-0.15, -0.1) is 0 Å². The molecule has 0 aliphatic carbocycles. The maximum Gasteiger partial charge on any atom is 0.324 e. The summed E-state index contributed by atoms with van der Waals surface area (Å²) in [5, 5.41) is 5.37. The number of aromatic nitrogens is 1. The van der Waals surface area contributed by atoms with Crippen LogP contribution in [-0.4, -0.2) is 11.0 Å². The fourth-order valence-corrected chi connectivity index (χ4v) is 1.57. The Morgan fingerprint density at radius 1 is 1.06 bits per heavy atom. The molecule has 5 heteroatoms. The molecular weight excluding hydrogens is 329 g/mol. The van der Waals surface area contributed by atoms with Crippen molar-refractivity contribution in [1.82, 2.24) is 4.98 Å². The van der Waals surface area contributed by atoms with Crippen LogP contribution in [0.4, 0.5) is 16.3 Å². The van der Waals surface area contributed by atoms with Gasteiger partial charge in [-0.05, 0) is 46.9 Å². The third-order valence-corrected chi connectivity index (χ3v) is 2.64. The molecule has 0 fully saturated rings. The van der Waals surface area contributed by atoms with Gasteiger partial charge in [-0.25, -0.2) is 9.78 Å². The number of nitrogens with one attached hydrogen (secondary N) is 2.